The number of aliphatic hydroxyl groups is 1. The highest BCUT2D eigenvalue weighted by atomic mass is 32.2. The zero-order valence-electron chi connectivity index (χ0n) is 13.3. The summed E-state index contributed by atoms with van der Waals surface area (Å²) in [5.74, 6) is 0.370. The van der Waals surface area contributed by atoms with E-state index in [4.69, 9.17) is 4.74 Å². The quantitative estimate of drug-likeness (QED) is 0.564. The molecule has 0 aliphatic heterocycles. The van der Waals surface area contributed by atoms with Crippen molar-refractivity contribution in [3.05, 3.63) is 53.3 Å². The number of alkyl halides is 3. The lowest BCUT2D eigenvalue weighted by atomic mass is 10.1. The summed E-state index contributed by atoms with van der Waals surface area (Å²) in [7, 11) is -2.06. The number of hydrogen-bond acceptors (Lipinski definition) is 2. The van der Waals surface area contributed by atoms with Crippen LogP contribution in [0.1, 0.15) is 30.6 Å². The smallest absolute Gasteiger partial charge is 0.440 e. The highest BCUT2D eigenvalue weighted by Crippen LogP contribution is 2.51. The maximum atomic E-state index is 13.3. The second kappa shape index (κ2) is 6.80. The van der Waals surface area contributed by atoms with Crippen molar-refractivity contribution in [2.45, 2.75) is 36.3 Å². The van der Waals surface area contributed by atoms with Crippen LogP contribution in [-0.2, 0) is 6.42 Å². The molecule has 25 heavy (non-hydrogen) atoms. The molecular weight excluding hydrogens is 356 g/mol. The molecule has 0 saturated carbocycles. The van der Waals surface area contributed by atoms with Crippen molar-refractivity contribution >= 4 is 15.9 Å². The molecule has 2 nitrogen and oxygen atoms in total. The number of ether oxygens (including phenoxy) is 1. The molecule has 3 rings (SSSR count). The summed E-state index contributed by atoms with van der Waals surface area (Å²) in [6, 6.07) is 8.23. The molecule has 2 aromatic carbocycles. The Bertz CT molecular complexity index is 813. The van der Waals surface area contributed by atoms with Crippen molar-refractivity contribution in [2.75, 3.05) is 0 Å². The molecule has 1 N–H and O–H groups in total. The first-order valence-corrected chi connectivity index (χ1v) is 8.96. The van der Waals surface area contributed by atoms with Crippen LogP contribution in [0.3, 0.4) is 0 Å². The molecule has 2 aromatic rings. The number of rotatable bonds is 3. The molecule has 1 aliphatic carbocycles. The predicted octanol–water partition coefficient (Wildman–Crippen LogP) is 5.57. The lowest BCUT2D eigenvalue weighted by molar-refractivity contribution is -0.0335. The third-order valence-electron chi connectivity index (χ3n) is 4.04. The number of halogens is 4. The van der Waals surface area contributed by atoms with Gasteiger partial charge in [0.05, 0.1) is 6.10 Å². The molecular formula is C18H16F4O2S. The lowest BCUT2D eigenvalue weighted by Crippen LogP contribution is -2.08. The van der Waals surface area contributed by atoms with Gasteiger partial charge < -0.3 is 9.84 Å². The van der Waals surface area contributed by atoms with E-state index in [1.807, 2.05) is 0 Å². The second-order valence-corrected chi connectivity index (χ2v) is 7.63. The van der Waals surface area contributed by atoms with Gasteiger partial charge in [-0.25, -0.2) is 4.39 Å². The molecule has 1 aliphatic rings. The monoisotopic (exact) mass is 372 g/mol. The van der Waals surface area contributed by atoms with Crippen molar-refractivity contribution in [1.82, 2.24) is 0 Å². The average Bonchev–Trinajstić information content (AvgIpc) is 2.93. The Labute approximate surface area is 145 Å². The van der Waals surface area contributed by atoms with E-state index in [0.717, 1.165) is 5.37 Å². The highest BCUT2D eigenvalue weighted by Gasteiger charge is 2.37. The Morgan fingerprint density at radius 2 is 1.84 bits per heavy atom. The van der Waals surface area contributed by atoms with E-state index in [1.54, 1.807) is 0 Å². The first kappa shape index (κ1) is 17.9. The lowest BCUT2D eigenvalue weighted by Gasteiger charge is -2.20. The highest BCUT2D eigenvalue weighted by molar-refractivity contribution is 8.15. The van der Waals surface area contributed by atoms with Gasteiger partial charge in [-0.05, 0) is 56.2 Å². The molecule has 0 spiro atoms. The van der Waals surface area contributed by atoms with Gasteiger partial charge in [0, 0.05) is 16.0 Å². The standard InChI is InChI=1S/C18H16F4O2S/c1-2-25(18(20,21)22)16-10-9-15(13-7-8-14(23)17(13)16)24-12-5-3-11(19)4-6-12/h2-6,9-10,14,23H,7-8H2,1H3. The van der Waals surface area contributed by atoms with Crippen LogP contribution in [-0.4, -0.2) is 16.0 Å². The molecule has 0 heterocycles. The van der Waals surface area contributed by atoms with Gasteiger partial charge in [0.15, 0.2) is 0 Å². The van der Waals surface area contributed by atoms with E-state index in [2.05, 4.69) is 0 Å². The SMILES string of the molecule is C/C=S(/c1ccc(Oc2ccc(F)cc2)c2c1C(O)CC2)C(F)(F)F. The first-order chi connectivity index (χ1) is 11.8. The maximum Gasteiger partial charge on any atom is 0.440 e. The number of fused-ring (bicyclic) bond motifs is 1. The van der Waals surface area contributed by atoms with E-state index in [1.165, 1.54) is 43.3 Å². The Kier molecular flexibility index (Phi) is 4.88. The Morgan fingerprint density at radius 1 is 1.16 bits per heavy atom. The summed E-state index contributed by atoms with van der Waals surface area (Å²) >= 11 is 0. The van der Waals surface area contributed by atoms with Gasteiger partial charge >= 0.3 is 5.51 Å². The molecule has 0 amide bonds. The van der Waals surface area contributed by atoms with Gasteiger partial charge in [-0.2, -0.15) is 13.2 Å². The molecule has 0 saturated heterocycles. The third-order valence-corrected chi connectivity index (χ3v) is 5.84. The van der Waals surface area contributed by atoms with Crippen LogP contribution >= 0.6 is 10.5 Å². The van der Waals surface area contributed by atoms with Crippen molar-refractivity contribution in [2.24, 2.45) is 0 Å². The second-order valence-electron chi connectivity index (χ2n) is 5.58. The Hall–Kier alpha value is -1.86. The fourth-order valence-electron chi connectivity index (χ4n) is 2.97. The van der Waals surface area contributed by atoms with E-state index in [0.29, 0.717) is 35.5 Å². The van der Waals surface area contributed by atoms with Crippen LogP contribution in [0.2, 0.25) is 0 Å². The van der Waals surface area contributed by atoms with Gasteiger partial charge in [0.2, 0.25) is 0 Å². The first-order valence-electron chi connectivity index (χ1n) is 7.68. The Morgan fingerprint density at radius 3 is 2.44 bits per heavy atom. The fourth-order valence-corrected chi connectivity index (χ4v) is 4.46. The summed E-state index contributed by atoms with van der Waals surface area (Å²) in [6.45, 7) is 1.37. The van der Waals surface area contributed by atoms with Crippen LogP contribution in [0.15, 0.2) is 41.3 Å². The summed E-state index contributed by atoms with van der Waals surface area (Å²) in [5.41, 5.74) is -3.51. The summed E-state index contributed by atoms with van der Waals surface area (Å²) in [5, 5.41) is 11.3. The van der Waals surface area contributed by atoms with Crippen molar-refractivity contribution in [1.29, 1.82) is 0 Å². The summed E-state index contributed by atoms with van der Waals surface area (Å²) < 4.78 is 58.7. The molecule has 0 bridgehead atoms. The van der Waals surface area contributed by atoms with Gasteiger partial charge in [-0.15, -0.1) is 0 Å². The minimum Gasteiger partial charge on any atom is -0.457 e. The van der Waals surface area contributed by atoms with E-state index >= 15 is 0 Å². The maximum absolute atomic E-state index is 13.3. The minimum absolute atomic E-state index is 0.0847. The zero-order valence-corrected chi connectivity index (χ0v) is 14.1. The number of benzene rings is 2. The van der Waals surface area contributed by atoms with Crippen LogP contribution in [0, 0.1) is 5.82 Å². The van der Waals surface area contributed by atoms with E-state index in [9.17, 15) is 22.7 Å². The van der Waals surface area contributed by atoms with Crippen LogP contribution in [0.25, 0.3) is 0 Å². The van der Waals surface area contributed by atoms with Crippen molar-refractivity contribution in [3.8, 4) is 11.5 Å². The van der Waals surface area contributed by atoms with Crippen molar-refractivity contribution in [3.63, 3.8) is 0 Å². The molecule has 0 fully saturated rings. The normalized spacial score (nSPS) is 18.2. The molecule has 2 atom stereocenters. The zero-order chi connectivity index (χ0) is 18.2. The predicted molar refractivity (Wildman–Crippen MR) is 89.8 cm³/mol. The van der Waals surface area contributed by atoms with Gasteiger partial charge in [0.25, 0.3) is 0 Å². The van der Waals surface area contributed by atoms with E-state index < -0.39 is 27.9 Å². The number of aliphatic hydroxyl groups excluding tert-OH is 1. The third kappa shape index (κ3) is 3.57. The van der Waals surface area contributed by atoms with Crippen LogP contribution in [0.5, 0.6) is 11.5 Å². The Balaban J connectivity index is 2.05. The van der Waals surface area contributed by atoms with Gasteiger partial charge in [-0.1, -0.05) is 15.9 Å². The van der Waals surface area contributed by atoms with Crippen LogP contribution in [0.4, 0.5) is 17.6 Å². The van der Waals surface area contributed by atoms with Crippen molar-refractivity contribution < 1.29 is 27.4 Å². The molecule has 0 aromatic heterocycles. The summed E-state index contributed by atoms with van der Waals surface area (Å²) in [6.07, 6.45) is -0.163. The molecule has 2 unspecified atom stereocenters. The average molecular weight is 372 g/mol. The summed E-state index contributed by atoms with van der Waals surface area (Å²) in [4.78, 5) is 0.0847. The molecule has 7 heteroatoms. The molecule has 0 radical (unpaired) electrons. The minimum atomic E-state index is -4.40. The molecule has 134 valence electrons. The van der Waals surface area contributed by atoms with Crippen LogP contribution < -0.4 is 4.74 Å². The van der Waals surface area contributed by atoms with Gasteiger partial charge in [0.1, 0.15) is 17.3 Å². The topological polar surface area (TPSA) is 29.5 Å². The largest absolute Gasteiger partial charge is 0.457 e. The fraction of sp³-hybridized carbons (Fsp3) is 0.278. The van der Waals surface area contributed by atoms with Gasteiger partial charge in [-0.3, -0.25) is 0 Å². The van der Waals surface area contributed by atoms with E-state index in [-0.39, 0.29) is 4.90 Å². The number of hydrogen-bond donors (Lipinski definition) is 1.